The van der Waals surface area contributed by atoms with Gasteiger partial charge in [0, 0.05) is 33.3 Å². The number of anilines is 1. The molecule has 3 aromatic heterocycles. The minimum atomic E-state index is -1.02. The van der Waals surface area contributed by atoms with Gasteiger partial charge in [0.25, 0.3) is 5.91 Å². The Morgan fingerprint density at radius 2 is 2.10 bits per heavy atom. The van der Waals surface area contributed by atoms with Crippen LogP contribution in [0.1, 0.15) is 26.4 Å². The number of nitrogens with zero attached hydrogens (tertiary/aromatic N) is 7. The second kappa shape index (κ2) is 7.81. The van der Waals surface area contributed by atoms with Gasteiger partial charge >= 0.3 is 0 Å². The molecule has 1 saturated heterocycles. The molecule has 0 atom stereocenters. The number of rotatable bonds is 7. The number of aromatic nitrogens is 5. The smallest absolute Gasteiger partial charge is 0.258 e. The predicted molar refractivity (Wildman–Crippen MR) is 104 cm³/mol. The van der Waals surface area contributed by atoms with E-state index in [0.717, 1.165) is 0 Å². The summed E-state index contributed by atoms with van der Waals surface area (Å²) in [7, 11) is 3.29. The molecule has 1 aliphatic heterocycles. The lowest BCUT2D eigenvalue weighted by molar-refractivity contribution is 0.0398. The number of Topliss-reactive ketones (excluding diaryl/α,β-unsaturated/α-hetero) is 1. The Morgan fingerprint density at radius 1 is 1.33 bits per heavy atom. The highest BCUT2D eigenvalue weighted by Crippen LogP contribution is 2.20. The van der Waals surface area contributed by atoms with Gasteiger partial charge in [-0.3, -0.25) is 14.3 Å². The third-order valence-corrected chi connectivity index (χ3v) is 5.07. The van der Waals surface area contributed by atoms with E-state index >= 15 is 0 Å². The number of carbonyl (C=O) groups excluding carboxylic acids is 2. The Kier molecular flexibility index (Phi) is 5.18. The minimum Gasteiger partial charge on any atom is -0.340 e. The number of likely N-dealkylation sites (tertiary alicyclic amines) is 1. The molecular formula is C19H21F2N7O2. The fraction of sp³-hybridized carbons (Fsp3) is 0.421. The Morgan fingerprint density at radius 3 is 2.80 bits per heavy atom. The van der Waals surface area contributed by atoms with E-state index in [1.165, 1.54) is 15.8 Å². The summed E-state index contributed by atoms with van der Waals surface area (Å²) >= 11 is 0. The van der Waals surface area contributed by atoms with Crippen LogP contribution >= 0.6 is 0 Å². The molecule has 1 aliphatic rings. The molecular weight excluding hydrogens is 396 g/mol. The highest BCUT2D eigenvalue weighted by atomic mass is 19.1. The van der Waals surface area contributed by atoms with Crippen LogP contribution in [0.15, 0.2) is 24.5 Å². The van der Waals surface area contributed by atoms with Gasteiger partial charge < -0.3 is 9.80 Å². The van der Waals surface area contributed by atoms with E-state index in [2.05, 4.69) is 15.2 Å². The zero-order valence-corrected chi connectivity index (χ0v) is 16.6. The molecule has 0 radical (unpaired) electrons. The Hall–Kier alpha value is -3.37. The van der Waals surface area contributed by atoms with Crippen molar-refractivity contribution in [3.63, 3.8) is 0 Å². The number of amides is 1. The SMILES string of the molecule is CN(CCF)c1nc2cc(CC(=O)c3c(C(=O)N4CC(F)C4)cnn3C)ccn2n1. The maximum absolute atomic E-state index is 13.1. The van der Waals surface area contributed by atoms with Crippen LogP contribution in [0.3, 0.4) is 0 Å². The molecule has 0 spiro atoms. The van der Waals surface area contributed by atoms with Gasteiger partial charge in [-0.25, -0.2) is 13.3 Å². The summed E-state index contributed by atoms with van der Waals surface area (Å²) in [5.74, 6) is -0.292. The lowest BCUT2D eigenvalue weighted by Crippen LogP contribution is -2.51. The molecule has 4 heterocycles. The van der Waals surface area contributed by atoms with Crippen molar-refractivity contribution < 1.29 is 18.4 Å². The molecule has 0 aliphatic carbocycles. The van der Waals surface area contributed by atoms with Crippen LogP contribution in [0, 0.1) is 0 Å². The molecule has 158 valence electrons. The third-order valence-electron chi connectivity index (χ3n) is 5.07. The van der Waals surface area contributed by atoms with E-state index in [9.17, 15) is 18.4 Å². The number of aryl methyl sites for hydroxylation is 1. The standard InChI is InChI=1S/C19H21F2N7O2/c1-25(6-4-20)19-23-16-8-12(3-5-28(16)24-19)7-15(29)17-14(9-22-26(17)2)18(30)27-10-13(21)11-27/h3,5,8-9,13H,4,6-7,10-11H2,1-2H3. The number of halogens is 2. The summed E-state index contributed by atoms with van der Waals surface area (Å²) in [5, 5.41) is 8.32. The molecule has 0 bridgehead atoms. The summed E-state index contributed by atoms with van der Waals surface area (Å²) in [5.41, 5.74) is 1.57. The largest absolute Gasteiger partial charge is 0.340 e. The van der Waals surface area contributed by atoms with Gasteiger partial charge in [0.05, 0.1) is 24.8 Å². The lowest BCUT2D eigenvalue weighted by atomic mass is 10.0. The van der Waals surface area contributed by atoms with Crippen LogP contribution in [0.4, 0.5) is 14.7 Å². The zero-order valence-electron chi connectivity index (χ0n) is 16.6. The van der Waals surface area contributed by atoms with Gasteiger partial charge in [-0.05, 0) is 17.7 Å². The van der Waals surface area contributed by atoms with Crippen molar-refractivity contribution in [2.75, 3.05) is 38.3 Å². The average molecular weight is 417 g/mol. The molecule has 1 fully saturated rings. The van der Waals surface area contributed by atoms with Gasteiger partial charge in [0.1, 0.15) is 18.5 Å². The Labute approximate surface area is 170 Å². The first-order valence-corrected chi connectivity index (χ1v) is 9.48. The Balaban J connectivity index is 1.55. The summed E-state index contributed by atoms with van der Waals surface area (Å²) in [6.07, 6.45) is 2.03. The fourth-order valence-electron chi connectivity index (χ4n) is 3.37. The van der Waals surface area contributed by atoms with Crippen molar-refractivity contribution in [2.24, 2.45) is 7.05 Å². The monoisotopic (exact) mass is 417 g/mol. The molecule has 4 rings (SSSR count). The lowest BCUT2D eigenvalue weighted by Gasteiger charge is -2.34. The number of hydrogen-bond acceptors (Lipinski definition) is 6. The second-order valence-corrected chi connectivity index (χ2v) is 7.30. The van der Waals surface area contributed by atoms with E-state index in [1.54, 1.807) is 41.8 Å². The summed E-state index contributed by atoms with van der Waals surface area (Å²) in [4.78, 5) is 32.8. The highest BCUT2D eigenvalue weighted by Gasteiger charge is 2.34. The predicted octanol–water partition coefficient (Wildman–Crippen LogP) is 1.09. The summed E-state index contributed by atoms with van der Waals surface area (Å²) < 4.78 is 28.6. The quantitative estimate of drug-likeness (QED) is 0.535. The minimum absolute atomic E-state index is 0.0318. The van der Waals surface area contributed by atoms with Crippen LogP contribution in [0.2, 0.25) is 0 Å². The van der Waals surface area contributed by atoms with E-state index in [1.807, 2.05) is 0 Å². The van der Waals surface area contributed by atoms with Crippen LogP contribution in [-0.2, 0) is 13.5 Å². The van der Waals surface area contributed by atoms with Crippen molar-refractivity contribution in [1.29, 1.82) is 0 Å². The Bertz CT molecular complexity index is 1100. The molecule has 30 heavy (non-hydrogen) atoms. The molecule has 9 nitrogen and oxygen atoms in total. The molecule has 11 heteroatoms. The van der Waals surface area contributed by atoms with Gasteiger partial charge in [0.2, 0.25) is 5.95 Å². The number of alkyl halides is 2. The van der Waals surface area contributed by atoms with Gasteiger partial charge in [-0.15, -0.1) is 5.10 Å². The average Bonchev–Trinajstić information content (AvgIpc) is 3.28. The van der Waals surface area contributed by atoms with E-state index in [4.69, 9.17) is 0 Å². The van der Waals surface area contributed by atoms with E-state index < -0.39 is 18.8 Å². The van der Waals surface area contributed by atoms with Gasteiger partial charge in [0.15, 0.2) is 11.4 Å². The van der Waals surface area contributed by atoms with Crippen molar-refractivity contribution >= 4 is 23.3 Å². The van der Waals surface area contributed by atoms with Crippen LogP contribution in [-0.4, -0.2) is 80.5 Å². The van der Waals surface area contributed by atoms with Gasteiger partial charge in [-0.2, -0.15) is 10.1 Å². The molecule has 3 aromatic rings. The number of fused-ring (bicyclic) bond motifs is 1. The molecule has 0 unspecified atom stereocenters. The maximum Gasteiger partial charge on any atom is 0.258 e. The number of hydrogen-bond donors (Lipinski definition) is 0. The van der Waals surface area contributed by atoms with E-state index in [0.29, 0.717) is 17.2 Å². The summed E-state index contributed by atoms with van der Waals surface area (Å²) in [6.45, 7) is -0.269. The number of carbonyl (C=O) groups is 2. The van der Waals surface area contributed by atoms with E-state index in [-0.39, 0.29) is 43.1 Å². The first-order chi connectivity index (χ1) is 14.4. The summed E-state index contributed by atoms with van der Waals surface area (Å²) in [6, 6.07) is 3.46. The first kappa shape index (κ1) is 19.9. The van der Waals surface area contributed by atoms with Crippen LogP contribution in [0.5, 0.6) is 0 Å². The van der Waals surface area contributed by atoms with Crippen molar-refractivity contribution in [1.82, 2.24) is 29.3 Å². The van der Waals surface area contributed by atoms with Crippen molar-refractivity contribution in [3.05, 3.63) is 41.3 Å². The topological polar surface area (TPSA) is 88.6 Å². The maximum atomic E-state index is 13.1. The fourth-order valence-corrected chi connectivity index (χ4v) is 3.37. The normalized spacial score (nSPS) is 14.2. The van der Waals surface area contributed by atoms with Crippen molar-refractivity contribution in [2.45, 2.75) is 12.6 Å². The first-order valence-electron chi connectivity index (χ1n) is 9.48. The van der Waals surface area contributed by atoms with Gasteiger partial charge in [-0.1, -0.05) is 0 Å². The highest BCUT2D eigenvalue weighted by molar-refractivity contribution is 6.07. The number of pyridine rings is 1. The van der Waals surface area contributed by atoms with Crippen LogP contribution in [0.25, 0.3) is 5.65 Å². The number of ketones is 1. The third kappa shape index (κ3) is 3.62. The molecule has 0 N–H and O–H groups in total. The van der Waals surface area contributed by atoms with Crippen molar-refractivity contribution in [3.8, 4) is 0 Å². The molecule has 0 aromatic carbocycles. The molecule has 0 saturated carbocycles. The zero-order chi connectivity index (χ0) is 21.4. The second-order valence-electron chi connectivity index (χ2n) is 7.30. The van der Waals surface area contributed by atoms with Crippen LogP contribution < -0.4 is 4.90 Å². The molecule has 1 amide bonds.